The second-order valence-corrected chi connectivity index (χ2v) is 10.1. The van der Waals surface area contributed by atoms with Gasteiger partial charge in [-0.3, -0.25) is 4.79 Å². The van der Waals surface area contributed by atoms with Crippen LogP contribution in [0.25, 0.3) is 0 Å². The Morgan fingerprint density at radius 3 is 2.72 bits per heavy atom. The van der Waals surface area contributed by atoms with Gasteiger partial charge in [-0.15, -0.1) is 10.2 Å². The highest BCUT2D eigenvalue weighted by atomic mass is 79.9. The van der Waals surface area contributed by atoms with E-state index in [1.165, 1.54) is 0 Å². The molecule has 1 aromatic heterocycles. The van der Waals surface area contributed by atoms with Crippen molar-refractivity contribution >= 4 is 45.2 Å². The summed E-state index contributed by atoms with van der Waals surface area (Å²) in [6.45, 7) is 5.06. The minimum absolute atomic E-state index is 0.0643. The van der Waals surface area contributed by atoms with Crippen molar-refractivity contribution in [3.63, 3.8) is 0 Å². The summed E-state index contributed by atoms with van der Waals surface area (Å²) in [5.41, 5.74) is 5.43. The molecule has 1 amide bonds. The zero-order valence-corrected chi connectivity index (χ0v) is 22.9. The van der Waals surface area contributed by atoms with E-state index < -0.39 is 0 Å². The molecule has 0 saturated carbocycles. The number of hydrogen-bond acceptors (Lipinski definition) is 8. The second-order valence-electron chi connectivity index (χ2n) is 7.85. The first-order valence-corrected chi connectivity index (χ1v) is 13.6. The number of aromatic nitrogens is 3. The maximum absolute atomic E-state index is 12.5. The molecule has 9 nitrogen and oxygen atoms in total. The normalized spacial score (nSPS) is 13.5. The Kier molecular flexibility index (Phi) is 9.74. The number of hydrogen-bond donors (Lipinski definition) is 1. The number of carbonyl (C=O) groups is 1. The monoisotopic (exact) mass is 595 g/mol. The summed E-state index contributed by atoms with van der Waals surface area (Å²) in [4.78, 5) is 14.2. The van der Waals surface area contributed by atoms with Crippen LogP contribution in [0.3, 0.4) is 0 Å². The van der Waals surface area contributed by atoms with Gasteiger partial charge in [-0.05, 0) is 58.2 Å². The molecule has 2 aromatic carbocycles. The molecule has 0 aliphatic carbocycles. The summed E-state index contributed by atoms with van der Waals surface area (Å²) in [7, 11) is 0. The van der Waals surface area contributed by atoms with Crippen LogP contribution >= 0.6 is 39.3 Å². The molecule has 0 unspecified atom stereocenters. The maximum atomic E-state index is 12.5. The van der Waals surface area contributed by atoms with Gasteiger partial charge in [0.25, 0.3) is 5.91 Å². The Morgan fingerprint density at radius 1 is 1.19 bits per heavy atom. The van der Waals surface area contributed by atoms with Crippen LogP contribution in [0, 0.1) is 0 Å². The smallest absolute Gasteiger partial charge is 0.260 e. The summed E-state index contributed by atoms with van der Waals surface area (Å²) in [5.74, 6) is 1.74. The van der Waals surface area contributed by atoms with Crippen LogP contribution in [0.15, 0.2) is 52.4 Å². The number of amides is 1. The molecule has 3 aromatic rings. The lowest BCUT2D eigenvalue weighted by atomic mass is 10.2. The zero-order chi connectivity index (χ0) is 25.3. The standard InChI is InChI=1S/C24H27BrClN5O4S/c1-2-34-21-12-18(11-20(25)23(21)35-14-22(32)30-7-9-33-10-8-30)13-28-31-16-27-29-24(31)36-15-17-3-5-19(26)6-4-17/h3-6,11-12,16,28H,2,7-10,13-15H2,1H3. The highest BCUT2D eigenvalue weighted by molar-refractivity contribution is 9.10. The van der Waals surface area contributed by atoms with Gasteiger partial charge in [0, 0.05) is 23.9 Å². The average Bonchev–Trinajstić information content (AvgIpc) is 3.34. The van der Waals surface area contributed by atoms with Gasteiger partial charge in [-0.1, -0.05) is 35.5 Å². The van der Waals surface area contributed by atoms with Crippen molar-refractivity contribution in [1.82, 2.24) is 19.8 Å². The van der Waals surface area contributed by atoms with Gasteiger partial charge in [0.2, 0.25) is 5.16 Å². The van der Waals surface area contributed by atoms with E-state index in [4.69, 9.17) is 25.8 Å². The van der Waals surface area contributed by atoms with E-state index in [0.29, 0.717) is 60.4 Å². The third-order valence-electron chi connectivity index (χ3n) is 5.32. The fraction of sp³-hybridized carbons (Fsp3) is 0.375. The van der Waals surface area contributed by atoms with Gasteiger partial charge in [0.15, 0.2) is 18.1 Å². The van der Waals surface area contributed by atoms with E-state index in [2.05, 4.69) is 31.6 Å². The number of nitrogens with one attached hydrogen (secondary N) is 1. The minimum Gasteiger partial charge on any atom is -0.490 e. The summed E-state index contributed by atoms with van der Waals surface area (Å²) < 4.78 is 19.5. The number of nitrogens with zero attached hydrogens (tertiary/aromatic N) is 4. The van der Waals surface area contributed by atoms with Crippen LogP contribution in [0.5, 0.6) is 11.5 Å². The molecule has 36 heavy (non-hydrogen) atoms. The SMILES string of the molecule is CCOc1cc(CNn2cnnc2SCc2ccc(Cl)cc2)cc(Br)c1OCC(=O)N1CCOCC1. The summed E-state index contributed by atoms with van der Waals surface area (Å²) >= 11 is 11.1. The molecule has 12 heteroatoms. The first-order chi connectivity index (χ1) is 17.5. The lowest BCUT2D eigenvalue weighted by molar-refractivity contribution is -0.137. The van der Waals surface area contributed by atoms with Crippen molar-refractivity contribution < 1.29 is 19.0 Å². The van der Waals surface area contributed by atoms with Crippen molar-refractivity contribution in [3.05, 3.63) is 63.3 Å². The van der Waals surface area contributed by atoms with E-state index in [0.717, 1.165) is 22.0 Å². The third kappa shape index (κ3) is 7.28. The fourth-order valence-corrected chi connectivity index (χ4v) is 5.07. The highest BCUT2D eigenvalue weighted by Gasteiger charge is 2.20. The quantitative estimate of drug-likeness (QED) is 0.327. The van der Waals surface area contributed by atoms with Gasteiger partial charge < -0.3 is 24.5 Å². The lowest BCUT2D eigenvalue weighted by Crippen LogP contribution is -2.43. The van der Waals surface area contributed by atoms with Crippen LogP contribution in [0.1, 0.15) is 18.1 Å². The van der Waals surface area contributed by atoms with Gasteiger partial charge in [0.05, 0.1) is 30.8 Å². The molecular formula is C24H27BrClN5O4S. The van der Waals surface area contributed by atoms with E-state index >= 15 is 0 Å². The summed E-state index contributed by atoms with van der Waals surface area (Å²) in [6, 6.07) is 11.6. The van der Waals surface area contributed by atoms with Gasteiger partial charge in [-0.25, -0.2) is 4.68 Å². The fourth-order valence-electron chi connectivity index (χ4n) is 3.50. The molecule has 0 bridgehead atoms. The van der Waals surface area contributed by atoms with Gasteiger partial charge in [-0.2, -0.15) is 0 Å². The summed E-state index contributed by atoms with van der Waals surface area (Å²) in [5, 5.41) is 9.70. The largest absolute Gasteiger partial charge is 0.490 e. The molecule has 1 fully saturated rings. The van der Waals surface area contributed by atoms with Crippen molar-refractivity contribution in [2.24, 2.45) is 0 Å². The van der Waals surface area contributed by atoms with Gasteiger partial charge in [0.1, 0.15) is 6.33 Å². The molecule has 0 atom stereocenters. The molecule has 2 heterocycles. The van der Waals surface area contributed by atoms with E-state index in [9.17, 15) is 4.79 Å². The minimum atomic E-state index is -0.0744. The molecule has 1 aliphatic heterocycles. The molecule has 1 N–H and O–H groups in total. The predicted molar refractivity (Wildman–Crippen MR) is 142 cm³/mol. The van der Waals surface area contributed by atoms with Crippen LogP contribution in [0.4, 0.5) is 0 Å². The molecule has 4 rings (SSSR count). The Morgan fingerprint density at radius 2 is 1.97 bits per heavy atom. The van der Waals surface area contributed by atoms with Crippen LogP contribution < -0.4 is 14.9 Å². The first-order valence-electron chi connectivity index (χ1n) is 11.5. The van der Waals surface area contributed by atoms with Crippen molar-refractivity contribution in [2.75, 3.05) is 44.9 Å². The van der Waals surface area contributed by atoms with Crippen molar-refractivity contribution in [2.45, 2.75) is 24.4 Å². The topological polar surface area (TPSA) is 90.7 Å². The Balaban J connectivity index is 1.37. The zero-order valence-electron chi connectivity index (χ0n) is 19.8. The van der Waals surface area contributed by atoms with E-state index in [-0.39, 0.29) is 12.5 Å². The average molecular weight is 597 g/mol. The predicted octanol–water partition coefficient (Wildman–Crippen LogP) is 4.37. The molecule has 1 saturated heterocycles. The summed E-state index contributed by atoms with van der Waals surface area (Å²) in [6.07, 6.45) is 1.64. The number of morpholine rings is 1. The maximum Gasteiger partial charge on any atom is 0.260 e. The highest BCUT2D eigenvalue weighted by Crippen LogP contribution is 2.37. The lowest BCUT2D eigenvalue weighted by Gasteiger charge is -2.27. The van der Waals surface area contributed by atoms with Crippen LogP contribution in [-0.2, 0) is 21.8 Å². The number of thioether (sulfide) groups is 1. The van der Waals surface area contributed by atoms with Crippen LogP contribution in [0.2, 0.25) is 5.02 Å². The van der Waals surface area contributed by atoms with Crippen LogP contribution in [-0.4, -0.2) is 65.2 Å². The Bertz CT molecular complexity index is 1160. The first kappa shape index (κ1) is 26.6. The van der Waals surface area contributed by atoms with Gasteiger partial charge >= 0.3 is 0 Å². The van der Waals surface area contributed by atoms with E-state index in [1.54, 1.807) is 27.7 Å². The molecule has 1 aliphatic rings. The molecular weight excluding hydrogens is 570 g/mol. The van der Waals surface area contributed by atoms with Crippen molar-refractivity contribution in [1.29, 1.82) is 0 Å². The Labute approximate surface area is 227 Å². The number of benzene rings is 2. The number of carbonyl (C=O) groups excluding carboxylic acids is 1. The number of halogens is 2. The molecule has 0 radical (unpaired) electrons. The number of ether oxygens (including phenoxy) is 3. The Hall–Kier alpha value is -2.47. The molecule has 0 spiro atoms. The third-order valence-corrected chi connectivity index (χ3v) is 7.18. The van der Waals surface area contributed by atoms with Crippen molar-refractivity contribution in [3.8, 4) is 11.5 Å². The number of rotatable bonds is 11. The molecule has 192 valence electrons. The van der Waals surface area contributed by atoms with E-state index in [1.807, 2.05) is 43.3 Å². The second kappa shape index (κ2) is 13.2.